The first kappa shape index (κ1) is 32.7. The van der Waals surface area contributed by atoms with Gasteiger partial charge in [-0.25, -0.2) is 9.79 Å². The number of aliphatic imine (C=N–C) groups is 1. The number of azo groups is 1. The Morgan fingerprint density at radius 2 is 1.52 bits per heavy atom. The Hall–Kier alpha value is -4.73. The van der Waals surface area contributed by atoms with Crippen LogP contribution in [0.5, 0.6) is 0 Å². The summed E-state index contributed by atoms with van der Waals surface area (Å²) in [6.45, 7) is 6.38. The number of rotatable bonds is 11. The van der Waals surface area contributed by atoms with Crippen molar-refractivity contribution in [2.24, 2.45) is 33.0 Å². The largest absolute Gasteiger partial charge is 0.444 e. The number of anilines is 1. The van der Waals surface area contributed by atoms with Gasteiger partial charge in [-0.1, -0.05) is 24.3 Å². The van der Waals surface area contributed by atoms with Crippen molar-refractivity contribution in [1.82, 2.24) is 10.3 Å². The summed E-state index contributed by atoms with van der Waals surface area (Å²) in [5, 5.41) is 13.8. The van der Waals surface area contributed by atoms with Crippen molar-refractivity contribution in [3.8, 4) is 11.1 Å². The number of ether oxygens (including phenoxy) is 1. The van der Waals surface area contributed by atoms with Crippen LogP contribution in [0.1, 0.15) is 64.0 Å². The molecule has 46 heavy (non-hydrogen) atoms. The molecule has 5 rings (SSSR count). The number of aromatic nitrogens is 1. The van der Waals surface area contributed by atoms with Crippen molar-refractivity contribution in [2.45, 2.75) is 64.9 Å². The van der Waals surface area contributed by atoms with Crippen LogP contribution < -0.4 is 10.6 Å². The lowest BCUT2D eigenvalue weighted by atomic mass is 9.77. The van der Waals surface area contributed by atoms with Crippen LogP contribution in [-0.2, 0) is 20.7 Å². The number of Topliss-reactive ketones (excluding diaryl/α,β-unsaturated/α-hetero) is 1. The summed E-state index contributed by atoms with van der Waals surface area (Å²) in [5.41, 5.74) is 4.05. The van der Waals surface area contributed by atoms with Crippen LogP contribution in [0, 0.1) is 17.8 Å². The fourth-order valence-corrected chi connectivity index (χ4v) is 5.88. The minimum absolute atomic E-state index is 0.0947. The highest BCUT2D eigenvalue weighted by Gasteiger charge is 2.31. The van der Waals surface area contributed by atoms with E-state index in [1.807, 2.05) is 81.4 Å². The van der Waals surface area contributed by atoms with Crippen molar-refractivity contribution in [2.75, 3.05) is 18.5 Å². The van der Waals surface area contributed by atoms with Gasteiger partial charge in [0.15, 0.2) is 12.5 Å². The summed E-state index contributed by atoms with van der Waals surface area (Å²) in [6, 6.07) is 19.4. The third kappa shape index (κ3) is 9.39. The standard InChI is InChI=1S/C36H42N6O4/c1-36(2,3)46-35(45)38-22-25-6-10-28(11-7-25)32(43)21-30(20-24-4-8-26(9-5-24)27-16-18-37-19-17-27)34(44)41-31-14-12-29(13-15-31)33-39-23-40-42-33/h4-5,8-9,12-19,25,28,30H,6-7,10-11,20-23H2,1-3H3,(H,38,45)(H,41,44)/t25?,28?,30-/m1/s1. The summed E-state index contributed by atoms with van der Waals surface area (Å²) < 4.78 is 5.35. The van der Waals surface area contributed by atoms with Gasteiger partial charge in [0.1, 0.15) is 11.4 Å². The molecule has 0 unspecified atom stereocenters. The van der Waals surface area contributed by atoms with E-state index in [9.17, 15) is 14.4 Å². The minimum atomic E-state index is -0.542. The molecule has 1 saturated carbocycles. The van der Waals surface area contributed by atoms with Gasteiger partial charge in [0.2, 0.25) is 5.91 Å². The number of hydrogen-bond donors (Lipinski definition) is 2. The zero-order chi connectivity index (χ0) is 32.5. The van der Waals surface area contributed by atoms with E-state index in [1.54, 1.807) is 12.4 Å². The van der Waals surface area contributed by atoms with Crippen molar-refractivity contribution >= 4 is 29.3 Å². The SMILES string of the molecule is CC(C)(C)OC(=O)NCC1CCC(C(=O)C[C@@H](Cc2ccc(-c3ccncc3)cc2)C(=O)Nc2ccc(C3=NCN=N3)cc2)CC1. The fourth-order valence-electron chi connectivity index (χ4n) is 5.88. The Kier molecular flexibility index (Phi) is 10.7. The topological polar surface area (TPSA) is 134 Å². The summed E-state index contributed by atoms with van der Waals surface area (Å²) >= 11 is 0. The Morgan fingerprint density at radius 3 is 2.15 bits per heavy atom. The molecule has 2 aliphatic rings. The number of pyridine rings is 1. The second-order valence-corrected chi connectivity index (χ2v) is 13.0. The molecule has 2 amide bonds. The van der Waals surface area contributed by atoms with Gasteiger partial charge >= 0.3 is 6.09 Å². The maximum absolute atomic E-state index is 13.7. The first-order chi connectivity index (χ1) is 22.1. The minimum Gasteiger partial charge on any atom is -0.444 e. The molecule has 1 aliphatic heterocycles. The monoisotopic (exact) mass is 622 g/mol. The number of carbonyl (C=O) groups excluding carboxylic acids is 3. The number of ketones is 1. The Bertz CT molecular complexity index is 1550. The molecule has 0 bridgehead atoms. The molecule has 2 heterocycles. The van der Waals surface area contributed by atoms with E-state index >= 15 is 0 Å². The maximum Gasteiger partial charge on any atom is 0.407 e. The molecular formula is C36H42N6O4. The lowest BCUT2D eigenvalue weighted by Gasteiger charge is -2.29. The van der Waals surface area contributed by atoms with Crippen molar-refractivity contribution < 1.29 is 19.1 Å². The maximum atomic E-state index is 13.7. The molecule has 1 aromatic heterocycles. The van der Waals surface area contributed by atoms with Crippen LogP contribution in [0.15, 0.2) is 88.3 Å². The van der Waals surface area contributed by atoms with Crippen molar-refractivity contribution in [3.63, 3.8) is 0 Å². The van der Waals surface area contributed by atoms with E-state index in [1.165, 1.54) is 0 Å². The molecule has 1 atom stereocenters. The smallest absolute Gasteiger partial charge is 0.407 e. The van der Waals surface area contributed by atoms with Crippen LogP contribution in [-0.4, -0.2) is 47.4 Å². The molecule has 1 fully saturated rings. The average Bonchev–Trinajstić information content (AvgIpc) is 3.59. The third-order valence-electron chi connectivity index (χ3n) is 8.36. The van der Waals surface area contributed by atoms with Gasteiger partial charge in [-0.3, -0.25) is 14.6 Å². The van der Waals surface area contributed by atoms with Gasteiger partial charge < -0.3 is 15.4 Å². The summed E-state index contributed by atoms with van der Waals surface area (Å²) in [5.74, 6) is 0.182. The molecule has 240 valence electrons. The van der Waals surface area contributed by atoms with Gasteiger partial charge in [-0.05, 0) is 112 Å². The molecule has 10 heteroatoms. The van der Waals surface area contributed by atoms with E-state index < -0.39 is 17.6 Å². The van der Waals surface area contributed by atoms with Gasteiger partial charge in [0, 0.05) is 48.4 Å². The van der Waals surface area contributed by atoms with Crippen LogP contribution in [0.4, 0.5) is 10.5 Å². The summed E-state index contributed by atoms with van der Waals surface area (Å²) in [6.07, 6.45) is 6.90. The highest BCUT2D eigenvalue weighted by molar-refractivity contribution is 6.01. The number of carbonyl (C=O) groups is 3. The Morgan fingerprint density at radius 1 is 0.870 bits per heavy atom. The summed E-state index contributed by atoms with van der Waals surface area (Å²) in [7, 11) is 0. The van der Waals surface area contributed by atoms with Gasteiger partial charge in [-0.15, -0.1) is 5.11 Å². The number of benzene rings is 2. The quantitative estimate of drug-likeness (QED) is 0.237. The van der Waals surface area contributed by atoms with Crippen LogP contribution in [0.25, 0.3) is 11.1 Å². The zero-order valence-corrected chi connectivity index (χ0v) is 26.7. The van der Waals surface area contributed by atoms with Gasteiger partial charge in [0.25, 0.3) is 0 Å². The van der Waals surface area contributed by atoms with Crippen LogP contribution in [0.2, 0.25) is 0 Å². The fraction of sp³-hybridized carbons (Fsp3) is 0.417. The number of amides is 2. The van der Waals surface area contributed by atoms with Crippen LogP contribution in [0.3, 0.4) is 0 Å². The molecule has 0 spiro atoms. The molecule has 0 radical (unpaired) electrons. The lowest BCUT2D eigenvalue weighted by Crippen LogP contribution is -2.37. The lowest BCUT2D eigenvalue weighted by molar-refractivity contribution is -0.129. The third-order valence-corrected chi connectivity index (χ3v) is 8.36. The molecule has 0 saturated heterocycles. The second-order valence-electron chi connectivity index (χ2n) is 13.0. The molecule has 1 aliphatic carbocycles. The molecule has 3 aromatic rings. The number of hydrogen-bond acceptors (Lipinski definition) is 8. The Labute approximate surface area is 270 Å². The highest BCUT2D eigenvalue weighted by Crippen LogP contribution is 2.31. The zero-order valence-electron chi connectivity index (χ0n) is 26.7. The van der Waals surface area contributed by atoms with Crippen LogP contribution >= 0.6 is 0 Å². The summed E-state index contributed by atoms with van der Waals surface area (Å²) in [4.78, 5) is 47.7. The highest BCUT2D eigenvalue weighted by atomic mass is 16.6. The molecule has 2 N–H and O–H groups in total. The normalized spacial score (nSPS) is 18.4. The van der Waals surface area contributed by atoms with E-state index in [4.69, 9.17) is 4.74 Å². The van der Waals surface area contributed by atoms with Gasteiger partial charge in [0.05, 0.1) is 0 Å². The predicted molar refractivity (Wildman–Crippen MR) is 178 cm³/mol. The average molecular weight is 623 g/mol. The van der Waals surface area contributed by atoms with E-state index in [0.29, 0.717) is 37.1 Å². The predicted octanol–water partition coefficient (Wildman–Crippen LogP) is 7.01. The second kappa shape index (κ2) is 15.0. The number of nitrogens with zero attached hydrogens (tertiary/aromatic N) is 4. The Balaban J connectivity index is 1.21. The molecule has 10 nitrogen and oxygen atoms in total. The molecular weight excluding hydrogens is 580 g/mol. The first-order valence-electron chi connectivity index (χ1n) is 15.9. The van der Waals surface area contributed by atoms with Gasteiger partial charge in [-0.2, -0.15) is 5.11 Å². The first-order valence-corrected chi connectivity index (χ1v) is 15.9. The number of nitrogens with one attached hydrogen (secondary N) is 2. The van der Waals surface area contributed by atoms with Crippen molar-refractivity contribution in [1.29, 1.82) is 0 Å². The number of alkyl carbamates (subject to hydrolysis) is 1. The van der Waals surface area contributed by atoms with Crippen molar-refractivity contribution in [3.05, 3.63) is 84.2 Å². The van der Waals surface area contributed by atoms with E-state index in [-0.39, 0.29) is 24.0 Å². The van der Waals surface area contributed by atoms with E-state index in [0.717, 1.165) is 47.9 Å². The van der Waals surface area contributed by atoms with E-state index in [2.05, 4.69) is 30.8 Å². The molecule has 2 aromatic carbocycles. The number of amidine groups is 1.